The molecule has 5 aromatic rings. The average Bonchev–Trinajstić information content (AvgIpc) is 3.41. The molecule has 3 aromatic heterocycles. The summed E-state index contributed by atoms with van der Waals surface area (Å²) in [6.07, 6.45) is 1.45. The van der Waals surface area contributed by atoms with Gasteiger partial charge in [0.1, 0.15) is 12.1 Å². The van der Waals surface area contributed by atoms with Crippen LogP contribution >= 0.6 is 0 Å². The number of benzene rings is 2. The van der Waals surface area contributed by atoms with Crippen LogP contribution in [-0.2, 0) is 6.54 Å². The summed E-state index contributed by atoms with van der Waals surface area (Å²) < 4.78 is 34.8. The topological polar surface area (TPSA) is 102 Å². The van der Waals surface area contributed by atoms with E-state index in [2.05, 4.69) is 29.9 Å². The number of hydrogen-bond acceptors (Lipinski definition) is 6. The van der Waals surface area contributed by atoms with Gasteiger partial charge in [-0.05, 0) is 31.5 Å². The highest BCUT2D eigenvalue weighted by molar-refractivity contribution is 5.85. The molecule has 8 nitrogen and oxygen atoms in total. The molecule has 0 saturated heterocycles. The van der Waals surface area contributed by atoms with Crippen LogP contribution in [0.25, 0.3) is 33.5 Å². The van der Waals surface area contributed by atoms with Gasteiger partial charge in [0.25, 0.3) is 0 Å². The van der Waals surface area contributed by atoms with Crippen LogP contribution in [0, 0.1) is 25.5 Å². The number of aromatic nitrogens is 5. The number of rotatable bonds is 6. The van der Waals surface area contributed by atoms with Crippen LogP contribution in [0.1, 0.15) is 11.3 Å². The second-order valence-corrected chi connectivity index (χ2v) is 7.93. The fourth-order valence-electron chi connectivity index (χ4n) is 4.01. The minimum Gasteiger partial charge on any atom is -0.368 e. The van der Waals surface area contributed by atoms with Gasteiger partial charge in [0.05, 0.1) is 11.2 Å². The van der Waals surface area contributed by atoms with Gasteiger partial charge in [0, 0.05) is 41.4 Å². The Balaban J connectivity index is 1.32. The molecule has 3 heterocycles. The van der Waals surface area contributed by atoms with E-state index in [9.17, 15) is 13.6 Å². The molecule has 0 fully saturated rings. The molecule has 0 saturated carbocycles. The van der Waals surface area contributed by atoms with E-state index in [1.54, 1.807) is 29.7 Å². The molecule has 2 aromatic carbocycles. The lowest BCUT2D eigenvalue weighted by Gasteiger charge is -2.12. The summed E-state index contributed by atoms with van der Waals surface area (Å²) in [7, 11) is 0. The third-order valence-corrected chi connectivity index (χ3v) is 5.69. The fourth-order valence-corrected chi connectivity index (χ4v) is 4.01. The highest BCUT2D eigenvalue weighted by Crippen LogP contribution is 2.28. The van der Waals surface area contributed by atoms with Crippen molar-refractivity contribution in [1.82, 2.24) is 24.7 Å². The number of aromatic amines is 1. The minimum absolute atomic E-state index is 0.272. The zero-order valence-electron chi connectivity index (χ0n) is 18.4. The molecule has 0 aliphatic rings. The van der Waals surface area contributed by atoms with Gasteiger partial charge in [-0.3, -0.25) is 9.51 Å². The molecule has 0 atom stereocenters. The van der Waals surface area contributed by atoms with Crippen molar-refractivity contribution in [2.75, 3.05) is 11.9 Å². The highest BCUT2D eigenvalue weighted by Gasteiger charge is 2.16. The molecule has 0 radical (unpaired) electrons. The van der Waals surface area contributed by atoms with Gasteiger partial charge in [-0.15, -0.1) is 0 Å². The van der Waals surface area contributed by atoms with Crippen LogP contribution in [0.15, 0.2) is 58.1 Å². The first-order valence-electron chi connectivity index (χ1n) is 10.6. The predicted molar refractivity (Wildman–Crippen MR) is 123 cm³/mol. The van der Waals surface area contributed by atoms with Gasteiger partial charge in [0.15, 0.2) is 17.5 Å². The second-order valence-electron chi connectivity index (χ2n) is 7.93. The number of nitrogens with zero attached hydrogens (tertiary/aromatic N) is 4. The predicted octanol–water partition coefficient (Wildman–Crippen LogP) is 4.45. The van der Waals surface area contributed by atoms with Crippen LogP contribution in [-0.4, -0.2) is 31.2 Å². The standard InChI is InChI=1S/C24H20F2N6O2/c1-13-9-18(25)21(26)22-17(13)10-14(2)32(22)8-7-27-20-11-19(28-12-29-20)15-3-5-16(6-4-15)23-30-24(33)34-31-23/h3-6,9-12H,7-8H2,1-2H3,(H,27,28,29)(H,30,31,33). The largest absolute Gasteiger partial charge is 0.439 e. The van der Waals surface area contributed by atoms with Crippen LogP contribution in [0.5, 0.6) is 0 Å². The lowest BCUT2D eigenvalue weighted by Crippen LogP contribution is -2.13. The first kappa shape index (κ1) is 21.5. The molecular weight excluding hydrogens is 442 g/mol. The summed E-state index contributed by atoms with van der Waals surface area (Å²) in [5.74, 6) is -1.35. The number of aryl methyl sites for hydroxylation is 2. The Morgan fingerprint density at radius 2 is 1.82 bits per heavy atom. The average molecular weight is 462 g/mol. The van der Waals surface area contributed by atoms with Crippen LogP contribution in [0.3, 0.4) is 0 Å². The van der Waals surface area contributed by atoms with Crippen molar-refractivity contribution in [3.05, 3.63) is 82.2 Å². The van der Waals surface area contributed by atoms with E-state index >= 15 is 0 Å². The summed E-state index contributed by atoms with van der Waals surface area (Å²) in [5, 5.41) is 7.60. The number of anilines is 1. The minimum atomic E-state index is -0.848. The summed E-state index contributed by atoms with van der Waals surface area (Å²) in [4.78, 5) is 22.2. The van der Waals surface area contributed by atoms with Gasteiger partial charge in [0.2, 0.25) is 0 Å². The second kappa shape index (κ2) is 8.54. The zero-order chi connectivity index (χ0) is 23.8. The van der Waals surface area contributed by atoms with Gasteiger partial charge >= 0.3 is 5.76 Å². The molecule has 0 amide bonds. The maximum Gasteiger partial charge on any atom is 0.439 e. The summed E-state index contributed by atoms with van der Waals surface area (Å²) in [6.45, 7) is 4.53. The van der Waals surface area contributed by atoms with E-state index in [4.69, 9.17) is 0 Å². The summed E-state index contributed by atoms with van der Waals surface area (Å²) in [6, 6.07) is 12.2. The van der Waals surface area contributed by atoms with Crippen molar-refractivity contribution in [1.29, 1.82) is 0 Å². The van der Waals surface area contributed by atoms with Gasteiger partial charge in [-0.25, -0.2) is 23.5 Å². The van der Waals surface area contributed by atoms with Crippen molar-refractivity contribution in [3.8, 4) is 22.6 Å². The van der Waals surface area contributed by atoms with Crippen molar-refractivity contribution in [2.24, 2.45) is 0 Å². The molecule has 2 N–H and O–H groups in total. The zero-order valence-corrected chi connectivity index (χ0v) is 18.4. The van der Waals surface area contributed by atoms with E-state index in [1.165, 1.54) is 12.4 Å². The number of nitrogens with one attached hydrogen (secondary N) is 2. The Bertz CT molecular complexity index is 1550. The normalized spacial score (nSPS) is 11.3. The molecule has 34 heavy (non-hydrogen) atoms. The third-order valence-electron chi connectivity index (χ3n) is 5.69. The number of fused-ring (bicyclic) bond motifs is 1. The Hall–Kier alpha value is -4.34. The van der Waals surface area contributed by atoms with Crippen molar-refractivity contribution < 1.29 is 13.3 Å². The molecular formula is C24H20F2N6O2. The monoisotopic (exact) mass is 462 g/mol. The van der Waals surface area contributed by atoms with Gasteiger partial charge in [-0.2, -0.15) is 0 Å². The lowest BCUT2D eigenvalue weighted by molar-refractivity contribution is 0.388. The Kier molecular flexibility index (Phi) is 5.40. The molecule has 10 heteroatoms. The highest BCUT2D eigenvalue weighted by atomic mass is 19.2. The Labute approximate surface area is 192 Å². The van der Waals surface area contributed by atoms with Crippen molar-refractivity contribution in [2.45, 2.75) is 20.4 Å². The maximum atomic E-state index is 14.5. The van der Waals surface area contributed by atoms with Gasteiger partial charge in [-0.1, -0.05) is 29.4 Å². The first-order valence-corrected chi connectivity index (χ1v) is 10.6. The number of H-pyrrole nitrogens is 1. The van der Waals surface area contributed by atoms with E-state index in [0.29, 0.717) is 46.9 Å². The van der Waals surface area contributed by atoms with E-state index < -0.39 is 17.4 Å². The van der Waals surface area contributed by atoms with Crippen LogP contribution in [0.4, 0.5) is 14.6 Å². The maximum absolute atomic E-state index is 14.5. The summed E-state index contributed by atoms with van der Waals surface area (Å²) in [5.41, 5.74) is 4.07. The first-order chi connectivity index (χ1) is 16.4. The van der Waals surface area contributed by atoms with Gasteiger partial charge < -0.3 is 9.88 Å². The van der Waals surface area contributed by atoms with Crippen molar-refractivity contribution in [3.63, 3.8) is 0 Å². The molecule has 5 rings (SSSR count). The van der Waals surface area contributed by atoms with Crippen molar-refractivity contribution >= 4 is 16.7 Å². The Morgan fingerprint density at radius 1 is 1.06 bits per heavy atom. The van der Waals surface area contributed by atoms with E-state index in [-0.39, 0.29) is 5.52 Å². The summed E-state index contributed by atoms with van der Waals surface area (Å²) >= 11 is 0. The van der Waals surface area contributed by atoms with E-state index in [0.717, 1.165) is 11.3 Å². The smallest absolute Gasteiger partial charge is 0.368 e. The molecule has 0 spiro atoms. The van der Waals surface area contributed by atoms with Crippen LogP contribution in [0.2, 0.25) is 0 Å². The number of hydrogen-bond donors (Lipinski definition) is 2. The molecule has 0 aliphatic heterocycles. The fraction of sp³-hybridized carbons (Fsp3) is 0.167. The molecule has 0 aliphatic carbocycles. The molecule has 172 valence electrons. The molecule has 0 unspecified atom stereocenters. The third kappa shape index (κ3) is 3.94. The quantitative estimate of drug-likeness (QED) is 0.387. The molecule has 0 bridgehead atoms. The number of halogens is 2. The SMILES string of the molecule is Cc1cc(F)c(F)c2c1cc(C)n2CCNc1cc(-c2ccc(-c3noc(=O)[nH]3)cc2)ncn1. The van der Waals surface area contributed by atoms with Crippen LogP contribution < -0.4 is 11.1 Å². The van der Waals surface area contributed by atoms with E-state index in [1.807, 2.05) is 25.1 Å². The Morgan fingerprint density at radius 3 is 2.56 bits per heavy atom. The lowest BCUT2D eigenvalue weighted by atomic mass is 10.1.